The van der Waals surface area contributed by atoms with Gasteiger partial charge >= 0.3 is 0 Å². The zero-order valence-electron chi connectivity index (χ0n) is 10.8. The van der Waals surface area contributed by atoms with Gasteiger partial charge in [-0.3, -0.25) is 0 Å². The van der Waals surface area contributed by atoms with Gasteiger partial charge in [0, 0.05) is 27.4 Å². The smallest absolute Gasteiger partial charge is 0.0950 e. The molecule has 2 heterocycles. The van der Waals surface area contributed by atoms with Crippen LogP contribution in [0.3, 0.4) is 0 Å². The molecule has 2 aromatic heterocycles. The van der Waals surface area contributed by atoms with Crippen LogP contribution in [0.2, 0.25) is 0 Å². The number of rotatable bonds is 4. The third-order valence-electron chi connectivity index (χ3n) is 3.09. The van der Waals surface area contributed by atoms with Gasteiger partial charge in [0.25, 0.3) is 0 Å². The SMILES string of the molecule is Cc1cc(C(C)NC(C)c2ccoc2)c(C)s1. The lowest BCUT2D eigenvalue weighted by atomic mass is 10.1. The van der Waals surface area contributed by atoms with E-state index in [2.05, 4.69) is 39.1 Å². The summed E-state index contributed by atoms with van der Waals surface area (Å²) < 4.78 is 5.11. The molecule has 0 bridgehead atoms. The number of hydrogen-bond donors (Lipinski definition) is 1. The van der Waals surface area contributed by atoms with Crippen molar-refractivity contribution in [2.24, 2.45) is 0 Å². The van der Waals surface area contributed by atoms with Crippen LogP contribution in [0.15, 0.2) is 29.1 Å². The topological polar surface area (TPSA) is 25.2 Å². The Morgan fingerprint density at radius 2 is 2.00 bits per heavy atom. The Morgan fingerprint density at radius 1 is 1.24 bits per heavy atom. The van der Waals surface area contributed by atoms with Gasteiger partial charge in [-0.05, 0) is 45.4 Å². The van der Waals surface area contributed by atoms with E-state index < -0.39 is 0 Å². The van der Waals surface area contributed by atoms with Crippen molar-refractivity contribution >= 4 is 11.3 Å². The summed E-state index contributed by atoms with van der Waals surface area (Å²) in [4.78, 5) is 2.78. The lowest BCUT2D eigenvalue weighted by molar-refractivity contribution is 0.486. The maximum absolute atomic E-state index is 5.11. The number of aryl methyl sites for hydroxylation is 2. The maximum atomic E-state index is 5.11. The predicted octanol–water partition coefficient (Wildman–Crippen LogP) is 4.37. The van der Waals surface area contributed by atoms with E-state index >= 15 is 0 Å². The second-order valence-corrected chi connectivity index (χ2v) is 6.00. The van der Waals surface area contributed by atoms with E-state index in [-0.39, 0.29) is 0 Å². The van der Waals surface area contributed by atoms with Gasteiger partial charge in [-0.15, -0.1) is 11.3 Å². The third kappa shape index (κ3) is 2.79. The minimum atomic E-state index is 0.309. The van der Waals surface area contributed by atoms with Crippen molar-refractivity contribution in [3.8, 4) is 0 Å². The summed E-state index contributed by atoms with van der Waals surface area (Å²) in [7, 11) is 0. The van der Waals surface area contributed by atoms with E-state index in [1.54, 1.807) is 12.5 Å². The molecule has 2 aromatic rings. The highest BCUT2D eigenvalue weighted by Crippen LogP contribution is 2.28. The van der Waals surface area contributed by atoms with Gasteiger partial charge < -0.3 is 9.73 Å². The zero-order chi connectivity index (χ0) is 12.4. The van der Waals surface area contributed by atoms with Crippen LogP contribution < -0.4 is 5.32 Å². The van der Waals surface area contributed by atoms with Crippen LogP contribution in [0, 0.1) is 13.8 Å². The highest BCUT2D eigenvalue weighted by atomic mass is 32.1. The molecule has 0 aliphatic rings. The Labute approximate surface area is 107 Å². The molecule has 0 aliphatic carbocycles. The Balaban J connectivity index is 2.06. The monoisotopic (exact) mass is 249 g/mol. The van der Waals surface area contributed by atoms with Crippen LogP contribution in [0.1, 0.15) is 46.8 Å². The average molecular weight is 249 g/mol. The summed E-state index contributed by atoms with van der Waals surface area (Å²) in [5, 5.41) is 3.60. The molecule has 17 heavy (non-hydrogen) atoms. The predicted molar refractivity (Wildman–Crippen MR) is 72.5 cm³/mol. The van der Waals surface area contributed by atoms with Crippen molar-refractivity contribution in [3.63, 3.8) is 0 Å². The maximum Gasteiger partial charge on any atom is 0.0950 e. The molecule has 0 spiro atoms. The Hall–Kier alpha value is -1.06. The molecule has 0 radical (unpaired) electrons. The van der Waals surface area contributed by atoms with Gasteiger partial charge in [-0.25, -0.2) is 0 Å². The lowest BCUT2D eigenvalue weighted by Crippen LogP contribution is -2.22. The van der Waals surface area contributed by atoms with E-state index in [9.17, 15) is 0 Å². The molecular formula is C14H19NOS. The second kappa shape index (κ2) is 5.07. The molecule has 0 saturated heterocycles. The molecular weight excluding hydrogens is 230 g/mol. The molecule has 2 unspecified atom stereocenters. The van der Waals surface area contributed by atoms with Crippen LogP contribution in [0.5, 0.6) is 0 Å². The fourth-order valence-electron chi connectivity index (χ4n) is 2.16. The fourth-order valence-corrected chi connectivity index (χ4v) is 3.19. The normalized spacial score (nSPS) is 14.8. The Kier molecular flexibility index (Phi) is 3.69. The Bertz CT molecular complexity index is 472. The van der Waals surface area contributed by atoms with E-state index in [4.69, 9.17) is 4.42 Å². The summed E-state index contributed by atoms with van der Waals surface area (Å²) in [6, 6.07) is 4.96. The second-order valence-electron chi connectivity index (χ2n) is 4.54. The molecule has 2 atom stereocenters. The summed E-state index contributed by atoms with van der Waals surface area (Å²) in [6.45, 7) is 8.72. The quantitative estimate of drug-likeness (QED) is 0.870. The van der Waals surface area contributed by atoms with Crippen LogP contribution in [0.4, 0.5) is 0 Å². The van der Waals surface area contributed by atoms with Gasteiger partial charge in [-0.1, -0.05) is 0 Å². The largest absolute Gasteiger partial charge is 0.472 e. The van der Waals surface area contributed by atoms with Gasteiger partial charge in [0.1, 0.15) is 0 Å². The number of nitrogens with one attached hydrogen (secondary N) is 1. The van der Waals surface area contributed by atoms with Crippen LogP contribution in [-0.2, 0) is 0 Å². The van der Waals surface area contributed by atoms with Gasteiger partial charge in [-0.2, -0.15) is 0 Å². The molecule has 0 saturated carbocycles. The van der Waals surface area contributed by atoms with Gasteiger partial charge in [0.15, 0.2) is 0 Å². The van der Waals surface area contributed by atoms with E-state index in [0.29, 0.717) is 12.1 Å². The molecule has 0 fully saturated rings. The fraction of sp³-hybridized carbons (Fsp3) is 0.429. The lowest BCUT2D eigenvalue weighted by Gasteiger charge is -2.19. The number of furan rings is 1. The summed E-state index contributed by atoms with van der Waals surface area (Å²) >= 11 is 1.86. The molecule has 1 N–H and O–H groups in total. The van der Waals surface area contributed by atoms with Crippen molar-refractivity contribution in [2.75, 3.05) is 0 Å². The zero-order valence-corrected chi connectivity index (χ0v) is 11.6. The minimum Gasteiger partial charge on any atom is -0.472 e. The first-order valence-corrected chi connectivity index (χ1v) is 6.74. The summed E-state index contributed by atoms with van der Waals surface area (Å²) in [6.07, 6.45) is 3.52. The van der Waals surface area contributed by atoms with Crippen molar-refractivity contribution in [1.29, 1.82) is 0 Å². The van der Waals surface area contributed by atoms with E-state index in [1.807, 2.05) is 17.4 Å². The van der Waals surface area contributed by atoms with Crippen molar-refractivity contribution in [2.45, 2.75) is 39.8 Å². The van der Waals surface area contributed by atoms with Gasteiger partial charge in [0.2, 0.25) is 0 Å². The minimum absolute atomic E-state index is 0.309. The average Bonchev–Trinajstić information content (AvgIpc) is 2.87. The first kappa shape index (κ1) is 12.4. The standard InChI is InChI=1S/C14H19NOS/c1-9-7-14(12(4)17-9)11(3)15-10(2)13-5-6-16-8-13/h5-8,10-11,15H,1-4H3. The Morgan fingerprint density at radius 3 is 2.53 bits per heavy atom. The molecule has 0 aliphatic heterocycles. The van der Waals surface area contributed by atoms with E-state index in [1.165, 1.54) is 20.9 Å². The molecule has 2 nitrogen and oxygen atoms in total. The van der Waals surface area contributed by atoms with Gasteiger partial charge in [0.05, 0.1) is 12.5 Å². The first-order valence-electron chi connectivity index (χ1n) is 5.93. The molecule has 2 rings (SSSR count). The van der Waals surface area contributed by atoms with Crippen LogP contribution in [0.25, 0.3) is 0 Å². The first-order chi connectivity index (χ1) is 8.08. The van der Waals surface area contributed by atoms with E-state index in [0.717, 1.165) is 0 Å². The molecule has 0 amide bonds. The van der Waals surface area contributed by atoms with Crippen molar-refractivity contribution in [3.05, 3.63) is 45.5 Å². The summed E-state index contributed by atoms with van der Waals surface area (Å²) in [5.41, 5.74) is 2.60. The molecule has 0 aromatic carbocycles. The highest BCUT2D eigenvalue weighted by Gasteiger charge is 2.15. The van der Waals surface area contributed by atoms with Crippen molar-refractivity contribution in [1.82, 2.24) is 5.32 Å². The molecule has 3 heteroatoms. The van der Waals surface area contributed by atoms with Crippen LogP contribution >= 0.6 is 11.3 Å². The highest BCUT2D eigenvalue weighted by molar-refractivity contribution is 7.12. The van der Waals surface area contributed by atoms with Crippen molar-refractivity contribution < 1.29 is 4.42 Å². The summed E-state index contributed by atoms with van der Waals surface area (Å²) in [5.74, 6) is 0. The third-order valence-corrected chi connectivity index (χ3v) is 4.07. The number of thiophene rings is 1. The van der Waals surface area contributed by atoms with Crippen LogP contribution in [-0.4, -0.2) is 0 Å². The number of hydrogen-bond acceptors (Lipinski definition) is 3. The molecule has 92 valence electrons.